The Hall–Kier alpha value is -0.740. The molecule has 70 valence electrons. The quantitative estimate of drug-likeness (QED) is 0.717. The highest BCUT2D eigenvalue weighted by Crippen LogP contribution is 2.15. The zero-order valence-electron chi connectivity index (χ0n) is 7.23. The predicted octanol–water partition coefficient (Wildman–Crippen LogP) is 1.29. The maximum atomic E-state index is 11.4. The minimum Gasteiger partial charge on any atom is -0.380 e. The Kier molecular flexibility index (Phi) is 2.71. The summed E-state index contributed by atoms with van der Waals surface area (Å²) < 4.78 is 5.26. The van der Waals surface area contributed by atoms with Crippen molar-refractivity contribution in [2.75, 3.05) is 13.2 Å². The van der Waals surface area contributed by atoms with Crippen LogP contribution in [-0.4, -0.2) is 24.0 Å². The molecule has 4 heteroatoms. The molecule has 1 aliphatic heterocycles. The van der Waals surface area contributed by atoms with E-state index in [4.69, 9.17) is 4.74 Å². The van der Waals surface area contributed by atoms with E-state index in [2.05, 4.69) is 4.98 Å². The monoisotopic (exact) mass is 197 g/mol. The van der Waals surface area contributed by atoms with Crippen LogP contribution in [0.4, 0.5) is 0 Å². The third kappa shape index (κ3) is 2.14. The molecule has 0 spiro atoms. The van der Waals surface area contributed by atoms with Crippen molar-refractivity contribution in [2.24, 2.45) is 5.92 Å². The highest BCUT2D eigenvalue weighted by atomic mass is 32.1. The lowest BCUT2D eigenvalue weighted by Crippen LogP contribution is -2.29. The van der Waals surface area contributed by atoms with Crippen molar-refractivity contribution >= 4 is 17.1 Å². The summed E-state index contributed by atoms with van der Waals surface area (Å²) >= 11 is 1.57. The van der Waals surface area contributed by atoms with E-state index in [1.807, 2.05) is 5.38 Å². The third-order valence-electron chi connectivity index (χ3n) is 2.21. The summed E-state index contributed by atoms with van der Waals surface area (Å²) in [6, 6.07) is 0. The fraction of sp³-hybridized carbons (Fsp3) is 0.556. The van der Waals surface area contributed by atoms with E-state index >= 15 is 0 Å². The lowest BCUT2D eigenvalue weighted by molar-refractivity contribution is -0.130. The molecule has 0 amide bonds. The highest BCUT2D eigenvalue weighted by molar-refractivity contribution is 7.07. The first-order valence-corrected chi connectivity index (χ1v) is 5.28. The van der Waals surface area contributed by atoms with E-state index in [-0.39, 0.29) is 5.92 Å². The minimum absolute atomic E-state index is 0.0378. The zero-order valence-corrected chi connectivity index (χ0v) is 8.05. The van der Waals surface area contributed by atoms with Crippen molar-refractivity contribution in [2.45, 2.75) is 12.8 Å². The molecule has 0 aromatic carbocycles. The number of carbonyl (C=O) groups excluding carboxylic acids is 1. The van der Waals surface area contributed by atoms with Crippen LogP contribution in [0.5, 0.6) is 0 Å². The van der Waals surface area contributed by atoms with E-state index < -0.39 is 0 Å². The Labute approximate surface area is 80.8 Å². The molecule has 1 saturated heterocycles. The number of aromatic nitrogens is 1. The number of thiazole rings is 1. The van der Waals surface area contributed by atoms with Crippen molar-refractivity contribution in [3.8, 4) is 0 Å². The molecule has 2 heterocycles. The Morgan fingerprint density at radius 1 is 1.69 bits per heavy atom. The third-order valence-corrected chi connectivity index (χ3v) is 2.84. The van der Waals surface area contributed by atoms with Gasteiger partial charge in [0, 0.05) is 24.1 Å². The van der Waals surface area contributed by atoms with Gasteiger partial charge < -0.3 is 4.74 Å². The van der Waals surface area contributed by atoms with Gasteiger partial charge in [-0.15, -0.1) is 11.3 Å². The topological polar surface area (TPSA) is 39.2 Å². The molecule has 1 atom stereocenters. The average Bonchev–Trinajstić information content (AvgIpc) is 2.61. The first-order valence-electron chi connectivity index (χ1n) is 4.34. The number of hydrogen-bond acceptors (Lipinski definition) is 4. The van der Waals surface area contributed by atoms with E-state index in [0.29, 0.717) is 25.4 Å². The van der Waals surface area contributed by atoms with Gasteiger partial charge in [-0.1, -0.05) is 0 Å². The average molecular weight is 197 g/mol. The van der Waals surface area contributed by atoms with Gasteiger partial charge in [-0.3, -0.25) is 4.79 Å². The SMILES string of the molecule is O=C1CCOCC1Cc1cscn1. The number of ether oxygens (including phenoxy) is 1. The van der Waals surface area contributed by atoms with Crippen LogP contribution < -0.4 is 0 Å². The van der Waals surface area contributed by atoms with E-state index in [9.17, 15) is 4.79 Å². The molecule has 2 rings (SSSR count). The summed E-state index contributed by atoms with van der Waals surface area (Å²) in [5.74, 6) is 0.357. The number of ketones is 1. The normalized spacial score (nSPS) is 23.4. The van der Waals surface area contributed by atoms with Gasteiger partial charge >= 0.3 is 0 Å². The van der Waals surface area contributed by atoms with E-state index in [1.165, 1.54) is 0 Å². The first kappa shape index (κ1) is 8.84. The Morgan fingerprint density at radius 2 is 2.62 bits per heavy atom. The first-order chi connectivity index (χ1) is 6.36. The number of nitrogens with zero attached hydrogens (tertiary/aromatic N) is 1. The van der Waals surface area contributed by atoms with Crippen molar-refractivity contribution in [3.63, 3.8) is 0 Å². The number of carbonyl (C=O) groups is 1. The molecule has 0 bridgehead atoms. The summed E-state index contributed by atoms with van der Waals surface area (Å²) in [5.41, 5.74) is 2.80. The Morgan fingerprint density at radius 3 is 3.31 bits per heavy atom. The Bertz CT molecular complexity index is 284. The molecule has 0 radical (unpaired) electrons. The standard InChI is InChI=1S/C9H11NO2S/c11-9-1-2-12-4-7(9)3-8-5-13-6-10-8/h5-7H,1-4H2. The second-order valence-corrected chi connectivity index (χ2v) is 3.89. The van der Waals surface area contributed by atoms with Crippen LogP contribution in [0.3, 0.4) is 0 Å². The molecule has 13 heavy (non-hydrogen) atoms. The van der Waals surface area contributed by atoms with Gasteiger partial charge in [0.1, 0.15) is 5.78 Å². The van der Waals surface area contributed by atoms with Gasteiger partial charge in [0.25, 0.3) is 0 Å². The summed E-state index contributed by atoms with van der Waals surface area (Å²) in [6.07, 6.45) is 1.30. The molecule has 1 aromatic rings. The van der Waals surface area contributed by atoms with Crippen molar-refractivity contribution in [1.82, 2.24) is 4.98 Å². The zero-order chi connectivity index (χ0) is 9.10. The molecular formula is C9H11NO2S. The predicted molar refractivity (Wildman–Crippen MR) is 49.8 cm³/mol. The molecule has 0 N–H and O–H groups in total. The Balaban J connectivity index is 1.97. The smallest absolute Gasteiger partial charge is 0.140 e. The molecular weight excluding hydrogens is 186 g/mol. The van der Waals surface area contributed by atoms with Crippen LogP contribution >= 0.6 is 11.3 Å². The second kappa shape index (κ2) is 3.98. The van der Waals surface area contributed by atoms with Crippen molar-refractivity contribution in [1.29, 1.82) is 0 Å². The van der Waals surface area contributed by atoms with Gasteiger partial charge in [0.15, 0.2) is 0 Å². The minimum atomic E-state index is 0.0378. The summed E-state index contributed by atoms with van der Waals surface area (Å²) in [4.78, 5) is 15.6. The van der Waals surface area contributed by atoms with Crippen molar-refractivity contribution < 1.29 is 9.53 Å². The summed E-state index contributed by atoms with van der Waals surface area (Å²) in [5, 5.41) is 1.99. The van der Waals surface area contributed by atoms with Crippen LogP contribution in [0.1, 0.15) is 12.1 Å². The number of hydrogen-bond donors (Lipinski definition) is 0. The van der Waals surface area contributed by atoms with Crippen LogP contribution in [0.2, 0.25) is 0 Å². The van der Waals surface area contributed by atoms with E-state index in [1.54, 1.807) is 16.8 Å². The fourth-order valence-corrected chi connectivity index (χ4v) is 2.03. The molecule has 0 aliphatic carbocycles. The van der Waals surface area contributed by atoms with Crippen LogP contribution in [0, 0.1) is 5.92 Å². The van der Waals surface area contributed by atoms with Gasteiger partial charge in [-0.2, -0.15) is 0 Å². The molecule has 1 aliphatic rings. The summed E-state index contributed by atoms with van der Waals surface area (Å²) in [7, 11) is 0. The van der Waals surface area contributed by atoms with Crippen molar-refractivity contribution in [3.05, 3.63) is 16.6 Å². The molecule has 3 nitrogen and oxygen atoms in total. The molecule has 1 aromatic heterocycles. The van der Waals surface area contributed by atoms with Gasteiger partial charge in [-0.05, 0) is 0 Å². The summed E-state index contributed by atoms with van der Waals surface area (Å²) in [6.45, 7) is 1.16. The largest absolute Gasteiger partial charge is 0.380 e. The second-order valence-electron chi connectivity index (χ2n) is 3.17. The van der Waals surface area contributed by atoms with Crippen LogP contribution in [-0.2, 0) is 16.0 Å². The number of rotatable bonds is 2. The van der Waals surface area contributed by atoms with Gasteiger partial charge in [0.05, 0.1) is 24.4 Å². The fourth-order valence-electron chi connectivity index (χ4n) is 1.46. The maximum absolute atomic E-state index is 11.4. The van der Waals surface area contributed by atoms with E-state index in [0.717, 1.165) is 12.1 Å². The van der Waals surface area contributed by atoms with Crippen LogP contribution in [0.15, 0.2) is 10.9 Å². The molecule has 1 fully saturated rings. The lowest BCUT2D eigenvalue weighted by atomic mass is 9.96. The maximum Gasteiger partial charge on any atom is 0.140 e. The lowest BCUT2D eigenvalue weighted by Gasteiger charge is -2.19. The van der Waals surface area contributed by atoms with Gasteiger partial charge in [0.2, 0.25) is 0 Å². The van der Waals surface area contributed by atoms with Crippen LogP contribution in [0.25, 0.3) is 0 Å². The molecule has 0 saturated carbocycles. The highest BCUT2D eigenvalue weighted by Gasteiger charge is 2.23. The van der Waals surface area contributed by atoms with Gasteiger partial charge in [-0.25, -0.2) is 4.98 Å². The molecule has 1 unspecified atom stereocenters. The number of Topliss-reactive ketones (excluding diaryl/α,β-unsaturated/α-hetero) is 1.